The van der Waals surface area contributed by atoms with Gasteiger partial charge in [0.25, 0.3) is 0 Å². The first-order valence-electron chi connectivity index (χ1n) is 11.6. The number of hydrogen-bond acceptors (Lipinski definition) is 6. The van der Waals surface area contributed by atoms with Crippen molar-refractivity contribution in [3.8, 4) is 23.1 Å². The molecule has 0 bridgehead atoms. The molecule has 0 N–H and O–H groups in total. The highest BCUT2D eigenvalue weighted by atomic mass is 32.2. The van der Waals surface area contributed by atoms with Crippen molar-refractivity contribution in [3.05, 3.63) is 88.9 Å². The topological polar surface area (TPSA) is 62.6 Å². The molecule has 0 spiro atoms. The molecule has 4 aromatic rings. The molecule has 12 heteroatoms. The molecule has 0 aliphatic heterocycles. The minimum absolute atomic E-state index is 0.0487. The maximum Gasteiger partial charge on any atom is 0.345 e. The Morgan fingerprint density at radius 2 is 1.41 bits per heavy atom. The maximum absolute atomic E-state index is 14.5. The van der Waals surface area contributed by atoms with E-state index in [1.165, 1.54) is 29.8 Å². The Morgan fingerprint density at radius 1 is 0.821 bits per heavy atom. The first-order valence-corrected chi connectivity index (χ1v) is 12.5. The maximum atomic E-state index is 14.5. The van der Waals surface area contributed by atoms with Crippen LogP contribution in [0.3, 0.4) is 0 Å². The largest absolute Gasteiger partial charge is 0.490 e. The normalized spacial score (nSPS) is 11.0. The number of esters is 1. The second-order valence-corrected chi connectivity index (χ2v) is 8.91. The van der Waals surface area contributed by atoms with E-state index in [0.29, 0.717) is 24.7 Å². The molecule has 204 valence electrons. The lowest BCUT2D eigenvalue weighted by Crippen LogP contribution is -2.13. The summed E-state index contributed by atoms with van der Waals surface area (Å²) in [6, 6.07) is 12.7. The number of aryl methyl sites for hydroxylation is 1. The van der Waals surface area contributed by atoms with Gasteiger partial charge in [0.1, 0.15) is 0 Å². The number of carbonyl (C=O) groups is 1. The highest BCUT2D eigenvalue weighted by Crippen LogP contribution is 2.43. The average molecular weight is 565 g/mol. The Kier molecular flexibility index (Phi) is 8.44. The minimum atomic E-state index is -2.28. The van der Waals surface area contributed by atoms with Crippen LogP contribution in [0.1, 0.15) is 29.9 Å². The van der Waals surface area contributed by atoms with Gasteiger partial charge in [-0.1, -0.05) is 30.0 Å². The molecule has 1 heterocycles. The van der Waals surface area contributed by atoms with Gasteiger partial charge in [0, 0.05) is 0 Å². The monoisotopic (exact) mass is 564 g/mol. The summed E-state index contributed by atoms with van der Waals surface area (Å²) >= 11 is 0.202. The molecule has 0 radical (unpaired) electrons. The zero-order chi connectivity index (χ0) is 28.3. The van der Waals surface area contributed by atoms with Gasteiger partial charge in [-0.3, -0.25) is 0 Å². The van der Waals surface area contributed by atoms with Gasteiger partial charge in [0.15, 0.2) is 34.8 Å². The Balaban J connectivity index is 1.81. The molecule has 39 heavy (non-hydrogen) atoms. The Morgan fingerprint density at radius 3 is 2.03 bits per heavy atom. The Hall–Kier alpha value is -4.06. The van der Waals surface area contributed by atoms with Crippen LogP contribution in [0.5, 0.6) is 17.4 Å². The third kappa shape index (κ3) is 5.56. The van der Waals surface area contributed by atoms with Crippen molar-refractivity contribution in [2.45, 2.75) is 30.6 Å². The molecule has 3 aromatic carbocycles. The first-order chi connectivity index (χ1) is 18.7. The van der Waals surface area contributed by atoms with E-state index in [9.17, 15) is 26.7 Å². The lowest BCUT2D eigenvalue weighted by molar-refractivity contribution is 0.0717. The molecule has 0 fully saturated rings. The number of halogens is 5. The average Bonchev–Trinajstić information content (AvgIpc) is 3.24. The summed E-state index contributed by atoms with van der Waals surface area (Å²) in [5.74, 6) is -11.0. The fraction of sp³-hybridized carbons (Fsp3) is 0.185. The number of rotatable bonds is 9. The van der Waals surface area contributed by atoms with Crippen LogP contribution < -0.4 is 14.2 Å². The SMILES string of the molecule is CCOc1ccc(C(=O)Oc2c(Sc3c(F)c(F)c(F)c(F)c3F)c(C)nn2-c2ccccc2)cc1OCC. The van der Waals surface area contributed by atoms with Gasteiger partial charge in [-0.2, -0.15) is 9.78 Å². The fourth-order valence-corrected chi connectivity index (χ4v) is 4.51. The zero-order valence-corrected chi connectivity index (χ0v) is 21.7. The van der Waals surface area contributed by atoms with E-state index < -0.39 is 40.0 Å². The van der Waals surface area contributed by atoms with E-state index in [4.69, 9.17) is 14.2 Å². The van der Waals surface area contributed by atoms with Crippen LogP contribution >= 0.6 is 11.8 Å². The zero-order valence-electron chi connectivity index (χ0n) is 20.9. The van der Waals surface area contributed by atoms with E-state index in [1.807, 2.05) is 0 Å². The summed E-state index contributed by atoms with van der Waals surface area (Å²) in [4.78, 5) is 11.9. The lowest BCUT2D eigenvalue weighted by Gasteiger charge is -2.13. The van der Waals surface area contributed by atoms with Crippen molar-refractivity contribution in [1.29, 1.82) is 0 Å². The van der Waals surface area contributed by atoms with Crippen molar-refractivity contribution in [3.63, 3.8) is 0 Å². The number of para-hydroxylation sites is 1. The molecule has 6 nitrogen and oxygen atoms in total. The highest BCUT2D eigenvalue weighted by molar-refractivity contribution is 7.99. The van der Waals surface area contributed by atoms with Gasteiger partial charge in [-0.05, 0) is 51.1 Å². The lowest BCUT2D eigenvalue weighted by atomic mass is 10.2. The van der Waals surface area contributed by atoms with Gasteiger partial charge in [-0.25, -0.2) is 26.7 Å². The van der Waals surface area contributed by atoms with Crippen LogP contribution in [0, 0.1) is 36.0 Å². The molecule has 4 rings (SSSR count). The summed E-state index contributed by atoms with van der Waals surface area (Å²) < 4.78 is 88.3. The van der Waals surface area contributed by atoms with Gasteiger partial charge >= 0.3 is 5.97 Å². The Bertz CT molecular complexity index is 1500. The second kappa shape index (κ2) is 11.8. The molecule has 1 aromatic heterocycles. The fourth-order valence-electron chi connectivity index (χ4n) is 3.54. The minimum Gasteiger partial charge on any atom is -0.490 e. The van der Waals surface area contributed by atoms with E-state index in [2.05, 4.69) is 5.10 Å². The van der Waals surface area contributed by atoms with Crippen LogP contribution in [0.2, 0.25) is 0 Å². The first kappa shape index (κ1) is 28.0. The van der Waals surface area contributed by atoms with Crippen molar-refractivity contribution in [2.24, 2.45) is 0 Å². The second-order valence-electron chi connectivity index (χ2n) is 7.89. The quantitative estimate of drug-likeness (QED) is 0.0941. The molecule has 0 unspecified atom stereocenters. The van der Waals surface area contributed by atoms with Gasteiger partial charge in [0.05, 0.1) is 39.9 Å². The van der Waals surface area contributed by atoms with Crippen LogP contribution in [-0.4, -0.2) is 29.0 Å². The number of ether oxygens (including phenoxy) is 3. The summed E-state index contributed by atoms with van der Waals surface area (Å²) in [5.41, 5.74) is 0.569. The van der Waals surface area contributed by atoms with E-state index in [-0.39, 0.29) is 39.5 Å². The summed E-state index contributed by atoms with van der Waals surface area (Å²) in [7, 11) is 0. The third-order valence-electron chi connectivity index (χ3n) is 5.31. The summed E-state index contributed by atoms with van der Waals surface area (Å²) in [5, 5.41) is 4.30. The number of benzene rings is 3. The molecule has 0 saturated heterocycles. The van der Waals surface area contributed by atoms with Crippen LogP contribution in [0.15, 0.2) is 58.3 Å². The number of nitrogens with zero attached hydrogens (tertiary/aromatic N) is 2. The number of hydrogen-bond donors (Lipinski definition) is 0. The Labute approximate surface area is 224 Å². The smallest absolute Gasteiger partial charge is 0.345 e. The van der Waals surface area contributed by atoms with E-state index >= 15 is 0 Å². The van der Waals surface area contributed by atoms with E-state index in [0.717, 1.165) is 0 Å². The van der Waals surface area contributed by atoms with Crippen molar-refractivity contribution < 1.29 is 41.0 Å². The highest BCUT2D eigenvalue weighted by Gasteiger charge is 2.30. The number of carbonyl (C=O) groups excluding carboxylic acids is 1. The van der Waals surface area contributed by atoms with Crippen LogP contribution in [-0.2, 0) is 0 Å². The molecular weight excluding hydrogens is 543 g/mol. The molecule has 0 aliphatic carbocycles. The summed E-state index contributed by atoms with van der Waals surface area (Å²) in [6.45, 7) is 5.63. The molecule has 0 amide bonds. The van der Waals surface area contributed by atoms with Crippen molar-refractivity contribution in [2.75, 3.05) is 13.2 Å². The van der Waals surface area contributed by atoms with Gasteiger partial charge in [-0.15, -0.1) is 0 Å². The van der Waals surface area contributed by atoms with Crippen LogP contribution in [0.4, 0.5) is 22.0 Å². The molecule has 0 atom stereocenters. The van der Waals surface area contributed by atoms with Gasteiger partial charge in [0.2, 0.25) is 11.7 Å². The van der Waals surface area contributed by atoms with Crippen molar-refractivity contribution in [1.82, 2.24) is 9.78 Å². The summed E-state index contributed by atoms with van der Waals surface area (Å²) in [6.07, 6.45) is 0. The van der Waals surface area contributed by atoms with Crippen molar-refractivity contribution >= 4 is 17.7 Å². The standard InChI is InChI=1S/C27H21F5N2O4S/c1-4-36-17-12-11-15(13-18(17)37-5-2)27(35)38-26-24(14(3)33-34(26)16-9-7-6-8-10-16)39-25-22(31)20(29)19(28)21(30)23(25)32/h6-13H,4-5H2,1-3H3. The number of aromatic nitrogens is 2. The molecule has 0 aliphatic rings. The van der Waals surface area contributed by atoms with Crippen LogP contribution in [0.25, 0.3) is 5.69 Å². The van der Waals surface area contributed by atoms with Gasteiger partial charge < -0.3 is 14.2 Å². The van der Waals surface area contributed by atoms with E-state index in [1.54, 1.807) is 44.2 Å². The molecular formula is C27H21F5N2O4S. The molecule has 0 saturated carbocycles. The third-order valence-corrected chi connectivity index (χ3v) is 6.54. The predicted molar refractivity (Wildman–Crippen MR) is 132 cm³/mol. The predicted octanol–water partition coefficient (Wildman–Crippen LogP) is 7.04.